The second-order valence-electron chi connectivity index (χ2n) is 8.54. The number of nitrogens with zero attached hydrogens (tertiary/aromatic N) is 2. The number of benzene rings is 3. The van der Waals surface area contributed by atoms with E-state index in [0.29, 0.717) is 22.7 Å². The average Bonchev–Trinajstić information content (AvgIpc) is 3.23. The van der Waals surface area contributed by atoms with Crippen LogP contribution in [0, 0.1) is 0 Å². The van der Waals surface area contributed by atoms with Crippen molar-refractivity contribution in [1.82, 2.24) is 9.78 Å². The number of fused-ring (bicyclic) bond motifs is 2. The Morgan fingerprint density at radius 1 is 1.08 bits per heavy atom. The number of carbonyl (C=O) groups is 1. The third kappa shape index (κ3) is 4.53. The smallest absolute Gasteiger partial charge is 0.410 e. The fourth-order valence-electron chi connectivity index (χ4n) is 4.54. The molecule has 11 heteroatoms. The minimum Gasteiger partial charge on any atom is -0.493 e. The summed E-state index contributed by atoms with van der Waals surface area (Å²) >= 11 is 6.48. The molecule has 2 heterocycles. The van der Waals surface area contributed by atoms with E-state index >= 15 is 0 Å². The first-order valence-electron chi connectivity index (χ1n) is 11.3. The number of alkyl halides is 3. The van der Waals surface area contributed by atoms with Gasteiger partial charge in [0, 0.05) is 17.5 Å². The van der Waals surface area contributed by atoms with E-state index in [9.17, 15) is 18.0 Å². The molecule has 1 amide bonds. The highest BCUT2D eigenvalue weighted by atomic mass is 35.5. The van der Waals surface area contributed by atoms with E-state index in [1.807, 2.05) is 30.3 Å². The predicted molar refractivity (Wildman–Crippen MR) is 135 cm³/mol. The van der Waals surface area contributed by atoms with Crippen LogP contribution in [0.4, 0.5) is 24.7 Å². The van der Waals surface area contributed by atoms with Gasteiger partial charge in [-0.3, -0.25) is 4.79 Å². The lowest BCUT2D eigenvalue weighted by Crippen LogP contribution is -2.35. The Labute approximate surface area is 215 Å². The van der Waals surface area contributed by atoms with Crippen LogP contribution in [0.2, 0.25) is 5.02 Å². The number of amides is 1. The molecule has 192 valence electrons. The zero-order valence-electron chi connectivity index (χ0n) is 19.8. The van der Waals surface area contributed by atoms with E-state index in [1.54, 1.807) is 30.3 Å². The Morgan fingerprint density at radius 2 is 1.81 bits per heavy atom. The van der Waals surface area contributed by atoms with Crippen LogP contribution in [-0.2, 0) is 0 Å². The molecule has 0 bridgehead atoms. The molecule has 1 aliphatic rings. The van der Waals surface area contributed by atoms with Crippen molar-refractivity contribution in [3.05, 3.63) is 76.9 Å². The topological polar surface area (TPSA) is 77.4 Å². The van der Waals surface area contributed by atoms with Crippen molar-refractivity contribution in [2.24, 2.45) is 0 Å². The van der Waals surface area contributed by atoms with Crippen LogP contribution in [0.3, 0.4) is 0 Å². The summed E-state index contributed by atoms with van der Waals surface area (Å²) in [5, 5.41) is 11.3. The number of nitrogens with one attached hydrogen (secondary N) is 2. The van der Waals surface area contributed by atoms with Gasteiger partial charge in [0.25, 0.3) is 5.91 Å². The number of halogens is 4. The maximum absolute atomic E-state index is 14.2. The maximum atomic E-state index is 14.2. The molecule has 0 spiro atoms. The second-order valence-corrected chi connectivity index (χ2v) is 8.92. The van der Waals surface area contributed by atoms with Crippen molar-refractivity contribution in [3.8, 4) is 11.5 Å². The number of hydrogen-bond acceptors (Lipinski definition) is 5. The minimum absolute atomic E-state index is 0.0851. The molecule has 0 saturated heterocycles. The molecule has 7 nitrogen and oxygen atoms in total. The van der Waals surface area contributed by atoms with Gasteiger partial charge >= 0.3 is 6.18 Å². The quantitative estimate of drug-likeness (QED) is 0.303. The highest BCUT2D eigenvalue weighted by Crippen LogP contribution is 2.47. The summed E-state index contributed by atoms with van der Waals surface area (Å²) in [5.74, 6) is 0.0299. The lowest BCUT2D eigenvalue weighted by Gasteiger charge is -2.33. The van der Waals surface area contributed by atoms with Gasteiger partial charge in [-0.15, -0.1) is 0 Å². The predicted octanol–water partition coefficient (Wildman–Crippen LogP) is 6.62. The van der Waals surface area contributed by atoms with Gasteiger partial charge in [0.2, 0.25) is 0 Å². The molecule has 5 rings (SSSR count). The highest BCUT2D eigenvalue weighted by molar-refractivity contribution is 6.36. The molecule has 2 atom stereocenters. The van der Waals surface area contributed by atoms with Crippen molar-refractivity contribution in [2.45, 2.75) is 24.7 Å². The Bertz CT molecular complexity index is 1480. The van der Waals surface area contributed by atoms with Crippen LogP contribution in [-0.4, -0.2) is 36.1 Å². The van der Waals surface area contributed by atoms with E-state index in [2.05, 4.69) is 15.7 Å². The van der Waals surface area contributed by atoms with E-state index in [0.717, 1.165) is 15.5 Å². The number of rotatable bonds is 5. The van der Waals surface area contributed by atoms with Crippen LogP contribution in [0.15, 0.2) is 60.7 Å². The molecule has 1 aromatic heterocycles. The summed E-state index contributed by atoms with van der Waals surface area (Å²) in [4.78, 5) is 13.1. The third-order valence-electron chi connectivity index (χ3n) is 6.36. The van der Waals surface area contributed by atoms with Crippen LogP contribution in [0.25, 0.3) is 10.8 Å². The fraction of sp³-hybridized carbons (Fsp3) is 0.231. The lowest BCUT2D eigenvalue weighted by atomic mass is 9.96. The van der Waals surface area contributed by atoms with Gasteiger partial charge in [-0.25, -0.2) is 4.68 Å². The normalized spacial score (nSPS) is 17.1. The van der Waals surface area contributed by atoms with Crippen molar-refractivity contribution in [1.29, 1.82) is 0 Å². The Hall–Kier alpha value is -3.92. The number of anilines is 2. The molecular weight excluding hydrogens is 509 g/mol. The number of aromatic nitrogens is 2. The fourth-order valence-corrected chi connectivity index (χ4v) is 4.80. The Kier molecular flexibility index (Phi) is 6.36. The molecule has 0 saturated carbocycles. The first-order chi connectivity index (χ1) is 17.7. The van der Waals surface area contributed by atoms with E-state index in [1.165, 1.54) is 14.2 Å². The first kappa shape index (κ1) is 24.8. The molecule has 1 aliphatic heterocycles. The molecule has 4 aromatic rings. The number of methoxy groups -OCH3 is 2. The van der Waals surface area contributed by atoms with Gasteiger partial charge in [-0.05, 0) is 29.1 Å². The van der Waals surface area contributed by atoms with Gasteiger partial charge in [0.1, 0.15) is 10.8 Å². The first-order valence-corrected chi connectivity index (χ1v) is 11.7. The van der Waals surface area contributed by atoms with Crippen molar-refractivity contribution < 1.29 is 27.4 Å². The molecule has 0 fully saturated rings. The van der Waals surface area contributed by atoms with Gasteiger partial charge in [0.05, 0.1) is 20.3 Å². The summed E-state index contributed by atoms with van der Waals surface area (Å²) < 4.78 is 53.8. The van der Waals surface area contributed by atoms with Crippen molar-refractivity contribution in [2.75, 3.05) is 24.9 Å². The summed E-state index contributed by atoms with van der Waals surface area (Å²) in [6.45, 7) is 0. The molecule has 0 aliphatic carbocycles. The molecule has 0 radical (unpaired) electrons. The molecule has 37 heavy (non-hydrogen) atoms. The minimum atomic E-state index is -4.63. The SMILES string of the molecule is COc1ccc(C2CC(C(F)(F)F)n3nc(C(=O)Nc4cccc5ccccc45)c(Cl)c3N2)cc1OC. The Morgan fingerprint density at radius 3 is 2.54 bits per heavy atom. The highest BCUT2D eigenvalue weighted by Gasteiger charge is 2.48. The molecule has 2 unspecified atom stereocenters. The van der Waals surface area contributed by atoms with Gasteiger partial charge < -0.3 is 20.1 Å². The van der Waals surface area contributed by atoms with Crippen LogP contribution < -0.4 is 20.1 Å². The number of carbonyl (C=O) groups excluding carboxylic acids is 1. The average molecular weight is 531 g/mol. The summed E-state index contributed by atoms with van der Waals surface area (Å²) in [5.41, 5.74) is 0.727. The molecule has 2 N–H and O–H groups in total. The van der Waals surface area contributed by atoms with Gasteiger partial charge in [-0.2, -0.15) is 18.3 Å². The maximum Gasteiger partial charge on any atom is 0.410 e. The van der Waals surface area contributed by atoms with E-state index in [4.69, 9.17) is 21.1 Å². The van der Waals surface area contributed by atoms with Crippen LogP contribution >= 0.6 is 11.6 Å². The van der Waals surface area contributed by atoms with E-state index in [-0.39, 0.29) is 23.0 Å². The third-order valence-corrected chi connectivity index (χ3v) is 6.72. The lowest BCUT2D eigenvalue weighted by molar-refractivity contribution is -0.173. The summed E-state index contributed by atoms with van der Waals surface area (Å²) in [6.07, 6.45) is -5.00. The van der Waals surface area contributed by atoms with Gasteiger partial charge in [-0.1, -0.05) is 54.1 Å². The molecular formula is C26H22ClF3N4O3. The van der Waals surface area contributed by atoms with Crippen molar-refractivity contribution >= 4 is 39.8 Å². The largest absolute Gasteiger partial charge is 0.493 e. The monoisotopic (exact) mass is 530 g/mol. The Balaban J connectivity index is 1.51. The summed E-state index contributed by atoms with van der Waals surface area (Å²) in [6, 6.07) is 14.9. The summed E-state index contributed by atoms with van der Waals surface area (Å²) in [7, 11) is 2.92. The zero-order valence-corrected chi connectivity index (χ0v) is 20.5. The number of hydrogen-bond donors (Lipinski definition) is 2. The van der Waals surface area contributed by atoms with Crippen LogP contribution in [0.5, 0.6) is 11.5 Å². The van der Waals surface area contributed by atoms with Gasteiger partial charge in [0.15, 0.2) is 23.2 Å². The zero-order chi connectivity index (χ0) is 26.3. The number of ether oxygens (including phenoxy) is 2. The standard InChI is InChI=1S/C26H22ClF3N4O3/c1-36-19-11-10-15(12-20(19)37-2)18-13-21(26(28,29)30)34-24(31-18)22(27)23(33-34)25(35)32-17-9-5-7-14-6-3-4-8-16(14)17/h3-12,18,21,31H,13H2,1-2H3,(H,32,35). The van der Waals surface area contributed by atoms with Crippen molar-refractivity contribution in [3.63, 3.8) is 0 Å². The van der Waals surface area contributed by atoms with Crippen LogP contribution in [0.1, 0.15) is 34.6 Å². The van der Waals surface area contributed by atoms with E-state index < -0.39 is 24.2 Å². The molecule has 3 aromatic carbocycles. The second kappa shape index (κ2) is 9.51.